The SMILES string of the molecule is Cc1cc(S(=O)(=O)NC(C)C(N)=O)cc(N)c1Cl. The molecule has 18 heavy (non-hydrogen) atoms. The number of benzene rings is 1. The van der Waals surface area contributed by atoms with Crippen molar-refractivity contribution in [2.45, 2.75) is 24.8 Å². The first-order chi connectivity index (χ1) is 8.15. The molecule has 5 N–H and O–H groups in total. The second kappa shape index (κ2) is 5.13. The number of carbonyl (C=O) groups excluding carboxylic acids is 1. The first kappa shape index (κ1) is 14.7. The van der Waals surface area contributed by atoms with Crippen LogP contribution in [0.1, 0.15) is 12.5 Å². The molecule has 0 aliphatic carbocycles. The van der Waals surface area contributed by atoms with Gasteiger partial charge in [-0.25, -0.2) is 8.42 Å². The van der Waals surface area contributed by atoms with Gasteiger partial charge in [0.05, 0.1) is 21.6 Å². The van der Waals surface area contributed by atoms with Crippen molar-refractivity contribution >= 4 is 33.2 Å². The maximum atomic E-state index is 11.9. The summed E-state index contributed by atoms with van der Waals surface area (Å²) >= 11 is 5.84. The highest BCUT2D eigenvalue weighted by Crippen LogP contribution is 2.26. The topological polar surface area (TPSA) is 115 Å². The number of aryl methyl sites for hydroxylation is 1. The second-order valence-corrected chi connectivity index (χ2v) is 5.98. The van der Waals surface area contributed by atoms with Gasteiger partial charge in [-0.05, 0) is 31.5 Å². The third-order valence-electron chi connectivity index (χ3n) is 2.33. The van der Waals surface area contributed by atoms with Crippen LogP contribution in [0.25, 0.3) is 0 Å². The van der Waals surface area contributed by atoms with E-state index in [0.29, 0.717) is 10.6 Å². The van der Waals surface area contributed by atoms with E-state index < -0.39 is 22.0 Å². The van der Waals surface area contributed by atoms with E-state index in [1.807, 2.05) is 0 Å². The molecule has 0 aliphatic rings. The van der Waals surface area contributed by atoms with E-state index in [1.165, 1.54) is 19.1 Å². The van der Waals surface area contributed by atoms with E-state index in [9.17, 15) is 13.2 Å². The van der Waals surface area contributed by atoms with Crippen LogP contribution in [-0.4, -0.2) is 20.4 Å². The highest BCUT2D eigenvalue weighted by molar-refractivity contribution is 7.89. The first-order valence-electron chi connectivity index (χ1n) is 5.02. The monoisotopic (exact) mass is 291 g/mol. The third-order valence-corrected chi connectivity index (χ3v) is 4.36. The molecule has 0 radical (unpaired) electrons. The Kier molecular flexibility index (Phi) is 4.20. The number of halogens is 1. The number of nitrogens with one attached hydrogen (secondary N) is 1. The zero-order valence-corrected chi connectivity index (χ0v) is 11.5. The molecule has 1 aromatic rings. The fourth-order valence-corrected chi connectivity index (χ4v) is 2.72. The standard InChI is InChI=1S/C10H14ClN3O3S/c1-5-3-7(4-8(12)9(5)11)18(16,17)14-6(2)10(13)15/h3-4,6,14H,12H2,1-2H3,(H2,13,15). The Morgan fingerprint density at radius 1 is 1.44 bits per heavy atom. The van der Waals surface area contributed by atoms with Crippen LogP contribution >= 0.6 is 11.6 Å². The summed E-state index contributed by atoms with van der Waals surface area (Å²) in [7, 11) is -3.86. The van der Waals surface area contributed by atoms with Gasteiger partial charge in [-0.3, -0.25) is 4.79 Å². The average Bonchev–Trinajstić information content (AvgIpc) is 2.24. The van der Waals surface area contributed by atoms with Crippen LogP contribution in [0.2, 0.25) is 5.02 Å². The van der Waals surface area contributed by atoms with Gasteiger partial charge in [-0.2, -0.15) is 4.72 Å². The molecule has 100 valence electrons. The fraction of sp³-hybridized carbons (Fsp3) is 0.300. The number of hydrogen-bond acceptors (Lipinski definition) is 4. The van der Waals surface area contributed by atoms with Crippen LogP contribution in [0.15, 0.2) is 17.0 Å². The maximum absolute atomic E-state index is 11.9. The molecule has 1 amide bonds. The minimum absolute atomic E-state index is 0.0602. The summed E-state index contributed by atoms with van der Waals surface area (Å²) in [6, 6.07) is 1.59. The summed E-state index contributed by atoms with van der Waals surface area (Å²) in [4.78, 5) is 10.8. The van der Waals surface area contributed by atoms with Crippen LogP contribution in [0.4, 0.5) is 5.69 Å². The fourth-order valence-electron chi connectivity index (χ4n) is 1.28. The van der Waals surface area contributed by atoms with E-state index in [4.69, 9.17) is 23.1 Å². The molecular formula is C10H14ClN3O3S. The van der Waals surface area contributed by atoms with Gasteiger partial charge in [0, 0.05) is 0 Å². The molecular weight excluding hydrogens is 278 g/mol. The molecule has 0 aromatic heterocycles. The summed E-state index contributed by atoms with van der Waals surface area (Å²) in [6.45, 7) is 2.99. The lowest BCUT2D eigenvalue weighted by molar-refractivity contribution is -0.119. The molecule has 1 rings (SSSR count). The zero-order chi connectivity index (χ0) is 14.1. The van der Waals surface area contributed by atoms with E-state index in [0.717, 1.165) is 0 Å². The molecule has 6 nitrogen and oxygen atoms in total. The van der Waals surface area contributed by atoms with E-state index in [1.54, 1.807) is 6.92 Å². The predicted molar refractivity (Wildman–Crippen MR) is 69.6 cm³/mol. The molecule has 0 aliphatic heterocycles. The summed E-state index contributed by atoms with van der Waals surface area (Å²) < 4.78 is 26.0. The van der Waals surface area contributed by atoms with Gasteiger partial charge in [-0.15, -0.1) is 0 Å². The minimum Gasteiger partial charge on any atom is -0.397 e. The number of nitrogens with two attached hydrogens (primary N) is 2. The number of amides is 1. The van der Waals surface area contributed by atoms with Crippen LogP contribution in [-0.2, 0) is 14.8 Å². The van der Waals surface area contributed by atoms with Crippen molar-refractivity contribution in [2.24, 2.45) is 5.73 Å². The minimum atomic E-state index is -3.86. The molecule has 0 spiro atoms. The normalized spacial score (nSPS) is 13.3. The molecule has 0 bridgehead atoms. The van der Waals surface area contributed by atoms with Gasteiger partial charge in [0.1, 0.15) is 0 Å². The first-order valence-corrected chi connectivity index (χ1v) is 6.88. The van der Waals surface area contributed by atoms with E-state index >= 15 is 0 Å². The summed E-state index contributed by atoms with van der Waals surface area (Å²) in [6.07, 6.45) is 0. The lowest BCUT2D eigenvalue weighted by Crippen LogP contribution is -2.42. The molecule has 0 saturated heterocycles. The number of sulfonamides is 1. The van der Waals surface area contributed by atoms with Gasteiger partial charge in [0.2, 0.25) is 15.9 Å². The highest BCUT2D eigenvalue weighted by atomic mass is 35.5. The molecule has 1 aromatic carbocycles. The Labute approximate surface area is 110 Å². The summed E-state index contributed by atoms with van der Waals surface area (Å²) in [5, 5.41) is 0.303. The van der Waals surface area contributed by atoms with Crippen LogP contribution in [0, 0.1) is 6.92 Å². The predicted octanol–water partition coefficient (Wildman–Crippen LogP) is 0.383. The van der Waals surface area contributed by atoms with Crippen molar-refractivity contribution in [2.75, 3.05) is 5.73 Å². The Bertz CT molecular complexity index is 563. The van der Waals surface area contributed by atoms with Crippen LogP contribution in [0.5, 0.6) is 0 Å². The number of nitrogen functional groups attached to an aromatic ring is 1. The van der Waals surface area contributed by atoms with Gasteiger partial charge >= 0.3 is 0 Å². The third kappa shape index (κ3) is 3.12. The molecule has 0 fully saturated rings. The van der Waals surface area contributed by atoms with E-state index in [2.05, 4.69) is 4.72 Å². The smallest absolute Gasteiger partial charge is 0.241 e. The molecule has 1 unspecified atom stereocenters. The van der Waals surface area contributed by atoms with E-state index in [-0.39, 0.29) is 10.6 Å². The van der Waals surface area contributed by atoms with Crippen molar-refractivity contribution in [3.05, 3.63) is 22.7 Å². The van der Waals surface area contributed by atoms with Crippen LogP contribution < -0.4 is 16.2 Å². The summed E-state index contributed by atoms with van der Waals surface area (Å²) in [5.41, 5.74) is 11.3. The van der Waals surface area contributed by atoms with Crippen molar-refractivity contribution < 1.29 is 13.2 Å². The maximum Gasteiger partial charge on any atom is 0.241 e. The number of carbonyl (C=O) groups is 1. The lowest BCUT2D eigenvalue weighted by atomic mass is 10.2. The van der Waals surface area contributed by atoms with Gasteiger partial charge < -0.3 is 11.5 Å². The van der Waals surface area contributed by atoms with Crippen LogP contribution in [0.3, 0.4) is 0 Å². The molecule has 8 heteroatoms. The Morgan fingerprint density at radius 2 is 2.00 bits per heavy atom. The molecule has 0 heterocycles. The zero-order valence-electron chi connectivity index (χ0n) is 9.90. The van der Waals surface area contributed by atoms with Gasteiger partial charge in [0.15, 0.2) is 0 Å². The Balaban J connectivity index is 3.18. The van der Waals surface area contributed by atoms with Gasteiger partial charge in [0.25, 0.3) is 0 Å². The van der Waals surface area contributed by atoms with Crippen molar-refractivity contribution in [3.8, 4) is 0 Å². The number of anilines is 1. The Morgan fingerprint density at radius 3 is 2.44 bits per heavy atom. The number of primary amides is 1. The summed E-state index contributed by atoms with van der Waals surface area (Å²) in [5.74, 6) is -0.766. The highest BCUT2D eigenvalue weighted by Gasteiger charge is 2.21. The van der Waals surface area contributed by atoms with Crippen molar-refractivity contribution in [1.29, 1.82) is 0 Å². The number of hydrogen-bond donors (Lipinski definition) is 3. The molecule has 1 atom stereocenters. The largest absolute Gasteiger partial charge is 0.397 e. The van der Waals surface area contributed by atoms with Gasteiger partial charge in [-0.1, -0.05) is 11.6 Å². The molecule has 0 saturated carbocycles. The quantitative estimate of drug-likeness (QED) is 0.696. The number of rotatable bonds is 4. The lowest BCUT2D eigenvalue weighted by Gasteiger charge is -2.12. The van der Waals surface area contributed by atoms with Crippen molar-refractivity contribution in [1.82, 2.24) is 4.72 Å². The Hall–Kier alpha value is -1.31. The average molecular weight is 292 g/mol. The second-order valence-electron chi connectivity index (χ2n) is 3.89. The van der Waals surface area contributed by atoms with Crippen molar-refractivity contribution in [3.63, 3.8) is 0 Å².